The van der Waals surface area contributed by atoms with Crippen LogP contribution in [0.15, 0.2) is 59.5 Å². The third-order valence-corrected chi connectivity index (χ3v) is 9.08. The van der Waals surface area contributed by atoms with Gasteiger partial charge in [0.15, 0.2) is 0 Å². The Labute approximate surface area is 230 Å². The van der Waals surface area contributed by atoms with E-state index in [1.54, 1.807) is 13.8 Å². The maximum absolute atomic E-state index is 13.1. The molecule has 12 heteroatoms. The van der Waals surface area contributed by atoms with Crippen LogP contribution in [-0.2, 0) is 30.8 Å². The molecule has 0 radical (unpaired) electrons. The van der Waals surface area contributed by atoms with Crippen molar-refractivity contribution in [2.45, 2.75) is 25.3 Å². The molecule has 0 atom stereocenters. The molecule has 1 aromatic heterocycles. The van der Waals surface area contributed by atoms with Crippen molar-refractivity contribution in [3.8, 4) is 0 Å². The van der Waals surface area contributed by atoms with E-state index in [1.165, 1.54) is 28.6 Å². The zero-order valence-electron chi connectivity index (χ0n) is 21.5. The molecule has 0 aliphatic carbocycles. The third kappa shape index (κ3) is 6.53. The summed E-state index contributed by atoms with van der Waals surface area (Å²) >= 11 is 0.911. The van der Waals surface area contributed by atoms with Crippen molar-refractivity contribution in [3.05, 3.63) is 81.7 Å². The number of nitrogens with zero attached hydrogens (tertiary/aromatic N) is 1. The van der Waals surface area contributed by atoms with Crippen molar-refractivity contribution in [2.24, 2.45) is 0 Å². The second kappa shape index (κ2) is 12.5. The molecular formula is C27H28N2O8S2. The van der Waals surface area contributed by atoms with Crippen molar-refractivity contribution in [3.63, 3.8) is 0 Å². The monoisotopic (exact) mass is 572 g/mol. The first-order chi connectivity index (χ1) is 18.7. The van der Waals surface area contributed by atoms with Crippen LogP contribution in [0.25, 0.3) is 0 Å². The molecule has 1 aliphatic rings. The molecule has 0 bridgehead atoms. The lowest BCUT2D eigenvalue weighted by atomic mass is 10.1. The maximum atomic E-state index is 13.1. The zero-order chi connectivity index (χ0) is 28.0. The minimum atomic E-state index is -3.71. The van der Waals surface area contributed by atoms with E-state index in [2.05, 4.69) is 5.32 Å². The summed E-state index contributed by atoms with van der Waals surface area (Å²) in [4.78, 5) is 38.9. The Morgan fingerprint density at radius 1 is 0.974 bits per heavy atom. The molecule has 1 saturated heterocycles. The highest BCUT2D eigenvalue weighted by Crippen LogP contribution is 2.35. The molecule has 0 spiro atoms. The van der Waals surface area contributed by atoms with Gasteiger partial charge in [0.1, 0.15) is 16.5 Å². The lowest BCUT2D eigenvalue weighted by molar-refractivity contribution is 0.0477. The molecule has 39 heavy (non-hydrogen) atoms. The van der Waals surface area contributed by atoms with Gasteiger partial charge >= 0.3 is 11.9 Å². The van der Waals surface area contributed by atoms with Gasteiger partial charge in [0, 0.05) is 18.7 Å². The predicted molar refractivity (Wildman–Crippen MR) is 145 cm³/mol. The fourth-order valence-corrected chi connectivity index (χ4v) is 6.42. The number of amides is 1. The standard InChI is InChI=1S/C27H28N2O8S2/c1-3-36-26(31)22-18(2)23(27(32)37-17-19-7-5-4-6-8-19)38-25(22)28-24(30)20-9-11-21(12-10-20)39(33,34)29-13-15-35-16-14-29/h4-12H,3,13-17H2,1-2H3,(H,28,30). The van der Waals surface area contributed by atoms with Gasteiger partial charge in [-0.1, -0.05) is 30.3 Å². The van der Waals surface area contributed by atoms with Crippen LogP contribution in [0.5, 0.6) is 0 Å². The first kappa shape index (κ1) is 28.4. The number of benzene rings is 2. The van der Waals surface area contributed by atoms with Gasteiger partial charge in [-0.15, -0.1) is 11.3 Å². The average molecular weight is 573 g/mol. The highest BCUT2D eigenvalue weighted by Gasteiger charge is 2.29. The summed E-state index contributed by atoms with van der Waals surface area (Å²) in [5.74, 6) is -1.90. The topological polar surface area (TPSA) is 128 Å². The quantitative estimate of drug-likeness (QED) is 0.383. The molecule has 1 amide bonds. The molecule has 1 fully saturated rings. The van der Waals surface area contributed by atoms with E-state index < -0.39 is 27.9 Å². The van der Waals surface area contributed by atoms with Gasteiger partial charge < -0.3 is 19.5 Å². The van der Waals surface area contributed by atoms with Crippen LogP contribution in [0.4, 0.5) is 5.00 Å². The number of thiophene rings is 1. The molecule has 10 nitrogen and oxygen atoms in total. The summed E-state index contributed by atoms with van der Waals surface area (Å²) in [7, 11) is -3.71. The summed E-state index contributed by atoms with van der Waals surface area (Å²) in [5, 5.41) is 2.80. The number of sulfonamides is 1. The first-order valence-corrected chi connectivity index (χ1v) is 14.5. The number of rotatable bonds is 9. The lowest BCUT2D eigenvalue weighted by Gasteiger charge is -2.26. The van der Waals surface area contributed by atoms with Crippen LogP contribution < -0.4 is 5.32 Å². The Morgan fingerprint density at radius 2 is 1.64 bits per heavy atom. The van der Waals surface area contributed by atoms with Gasteiger partial charge in [-0.3, -0.25) is 4.79 Å². The van der Waals surface area contributed by atoms with Crippen LogP contribution in [-0.4, -0.2) is 63.5 Å². The number of esters is 2. The Morgan fingerprint density at radius 3 is 2.28 bits per heavy atom. The van der Waals surface area contributed by atoms with Gasteiger partial charge in [-0.2, -0.15) is 4.31 Å². The number of hydrogen-bond acceptors (Lipinski definition) is 9. The van der Waals surface area contributed by atoms with Gasteiger partial charge in [0.05, 0.1) is 30.3 Å². The van der Waals surface area contributed by atoms with Crippen molar-refractivity contribution < 1.29 is 37.0 Å². The minimum absolute atomic E-state index is 0.0488. The maximum Gasteiger partial charge on any atom is 0.349 e. The van der Waals surface area contributed by atoms with E-state index in [0.29, 0.717) is 18.8 Å². The molecule has 0 saturated carbocycles. The van der Waals surface area contributed by atoms with Crippen molar-refractivity contribution in [1.82, 2.24) is 4.31 Å². The molecule has 0 unspecified atom stereocenters. The number of anilines is 1. The second-order valence-electron chi connectivity index (χ2n) is 8.54. The number of ether oxygens (including phenoxy) is 3. The molecule has 2 aromatic carbocycles. The minimum Gasteiger partial charge on any atom is -0.462 e. The first-order valence-electron chi connectivity index (χ1n) is 12.2. The Balaban J connectivity index is 1.54. The van der Waals surface area contributed by atoms with E-state index in [1.807, 2.05) is 30.3 Å². The number of nitrogens with one attached hydrogen (secondary N) is 1. The fourth-order valence-electron chi connectivity index (χ4n) is 3.92. The number of carbonyl (C=O) groups is 3. The predicted octanol–water partition coefficient (Wildman–Crippen LogP) is 3.86. The van der Waals surface area contributed by atoms with E-state index in [9.17, 15) is 22.8 Å². The van der Waals surface area contributed by atoms with E-state index in [0.717, 1.165) is 16.9 Å². The number of morpholine rings is 1. The van der Waals surface area contributed by atoms with Gasteiger partial charge in [-0.05, 0) is 49.2 Å². The fraction of sp³-hybridized carbons (Fsp3) is 0.296. The molecule has 2 heterocycles. The highest BCUT2D eigenvalue weighted by molar-refractivity contribution is 7.89. The van der Waals surface area contributed by atoms with Crippen LogP contribution in [0.2, 0.25) is 0 Å². The zero-order valence-corrected chi connectivity index (χ0v) is 23.1. The number of carbonyl (C=O) groups excluding carboxylic acids is 3. The van der Waals surface area contributed by atoms with Crippen LogP contribution in [0.3, 0.4) is 0 Å². The van der Waals surface area contributed by atoms with E-state index >= 15 is 0 Å². The largest absolute Gasteiger partial charge is 0.462 e. The summed E-state index contributed by atoms with van der Waals surface area (Å²) in [6.45, 7) is 4.56. The summed E-state index contributed by atoms with van der Waals surface area (Å²) in [6, 6.07) is 14.7. The summed E-state index contributed by atoms with van der Waals surface area (Å²) < 4.78 is 42.9. The van der Waals surface area contributed by atoms with Crippen molar-refractivity contribution in [1.29, 1.82) is 0 Å². The highest BCUT2D eigenvalue weighted by atomic mass is 32.2. The van der Waals surface area contributed by atoms with Gasteiger partial charge in [0.25, 0.3) is 5.91 Å². The smallest absolute Gasteiger partial charge is 0.349 e. The van der Waals surface area contributed by atoms with Crippen molar-refractivity contribution in [2.75, 3.05) is 38.2 Å². The Kier molecular flexibility index (Phi) is 9.12. The molecule has 1 N–H and O–H groups in total. The lowest BCUT2D eigenvalue weighted by Crippen LogP contribution is -2.40. The summed E-state index contributed by atoms with van der Waals surface area (Å²) in [6.07, 6.45) is 0. The molecular weight excluding hydrogens is 544 g/mol. The Hall–Kier alpha value is -3.58. The average Bonchev–Trinajstić information content (AvgIpc) is 3.28. The summed E-state index contributed by atoms with van der Waals surface area (Å²) in [5.41, 5.74) is 1.37. The van der Waals surface area contributed by atoms with Crippen molar-refractivity contribution >= 4 is 44.2 Å². The molecule has 4 rings (SSSR count). The second-order valence-corrected chi connectivity index (χ2v) is 11.5. The number of hydrogen-bond donors (Lipinski definition) is 1. The molecule has 3 aromatic rings. The van der Waals surface area contributed by atoms with Crippen LogP contribution >= 0.6 is 11.3 Å². The SMILES string of the molecule is CCOC(=O)c1c(NC(=O)c2ccc(S(=O)(=O)N3CCOCC3)cc2)sc(C(=O)OCc2ccccc2)c1C. The normalized spacial score (nSPS) is 14.0. The van der Waals surface area contributed by atoms with Crippen LogP contribution in [0.1, 0.15) is 48.4 Å². The van der Waals surface area contributed by atoms with Gasteiger partial charge in [-0.25, -0.2) is 18.0 Å². The van der Waals surface area contributed by atoms with Crippen LogP contribution in [0, 0.1) is 6.92 Å². The van der Waals surface area contributed by atoms with Gasteiger partial charge in [0.2, 0.25) is 10.0 Å². The molecule has 206 valence electrons. The van der Waals surface area contributed by atoms with E-state index in [-0.39, 0.29) is 52.2 Å². The Bertz CT molecular complexity index is 1440. The molecule has 1 aliphatic heterocycles. The van der Waals surface area contributed by atoms with E-state index in [4.69, 9.17) is 14.2 Å². The third-order valence-electron chi connectivity index (χ3n) is 5.98.